The van der Waals surface area contributed by atoms with Crippen molar-refractivity contribution >= 4 is 11.9 Å². The van der Waals surface area contributed by atoms with Gasteiger partial charge in [-0.3, -0.25) is 14.5 Å². The van der Waals surface area contributed by atoms with E-state index in [2.05, 4.69) is 29.3 Å². The molecule has 0 spiro atoms. The van der Waals surface area contributed by atoms with Crippen molar-refractivity contribution in [3.05, 3.63) is 12.2 Å². The van der Waals surface area contributed by atoms with Gasteiger partial charge < -0.3 is 21.3 Å². The maximum Gasteiger partial charge on any atom is 0.303 e. The maximum atomic E-state index is 9.64. The van der Waals surface area contributed by atoms with Gasteiger partial charge >= 0.3 is 11.9 Å². The average Bonchev–Trinajstić information content (AvgIpc) is 3.22. The summed E-state index contributed by atoms with van der Waals surface area (Å²) in [6.07, 6.45) is 24.2. The number of nitrogens with one attached hydrogen (secondary N) is 1. The van der Waals surface area contributed by atoms with Crippen LogP contribution in [0.2, 0.25) is 0 Å². The number of allylic oxidation sites excluding steroid dienone is 1. The highest BCUT2D eigenvalue weighted by atomic mass is 16.4. The number of carbonyl (C=O) groups is 2. The molecule has 0 saturated carbocycles. The predicted octanol–water partition coefficient (Wildman–Crippen LogP) is 5.15. The molecule has 0 aromatic carbocycles. The normalized spacial score (nSPS) is 16.1. The quantitative estimate of drug-likeness (QED) is 0.144. The third-order valence-electron chi connectivity index (χ3n) is 5.94. The molecule has 0 radical (unpaired) electrons. The molecule has 0 bridgehead atoms. The molecule has 194 valence electrons. The number of nitrogens with two attached hydrogens (primary N) is 1. The van der Waals surface area contributed by atoms with Gasteiger partial charge in [-0.25, -0.2) is 0 Å². The van der Waals surface area contributed by atoms with Gasteiger partial charge in [0, 0.05) is 26.2 Å². The Morgan fingerprint density at radius 2 is 1.39 bits per heavy atom. The Hall–Kier alpha value is -1.44. The summed E-state index contributed by atoms with van der Waals surface area (Å²) in [4.78, 5) is 21.7. The fourth-order valence-electron chi connectivity index (χ4n) is 3.99. The van der Waals surface area contributed by atoms with Gasteiger partial charge in [-0.2, -0.15) is 0 Å². The summed E-state index contributed by atoms with van der Waals surface area (Å²) in [5, 5.41) is 19.4. The summed E-state index contributed by atoms with van der Waals surface area (Å²) >= 11 is 0. The molecular formula is C26H51N3O4. The molecule has 0 aliphatic carbocycles. The minimum absolute atomic E-state index is 0.296. The van der Waals surface area contributed by atoms with E-state index in [1.54, 1.807) is 0 Å². The van der Waals surface area contributed by atoms with E-state index in [0.717, 1.165) is 32.6 Å². The summed E-state index contributed by atoms with van der Waals surface area (Å²) < 4.78 is 0. The number of aliphatic carboxylic acids is 2. The van der Waals surface area contributed by atoms with Crippen molar-refractivity contribution in [2.24, 2.45) is 5.73 Å². The highest BCUT2D eigenvalue weighted by Gasteiger charge is 2.21. The van der Waals surface area contributed by atoms with Crippen LogP contribution >= 0.6 is 0 Å². The van der Waals surface area contributed by atoms with Gasteiger partial charge in [-0.15, -0.1) is 0 Å². The zero-order valence-corrected chi connectivity index (χ0v) is 21.1. The summed E-state index contributed by atoms with van der Waals surface area (Å²) in [5.74, 6) is -2.15. The van der Waals surface area contributed by atoms with E-state index in [1.165, 1.54) is 83.5 Å². The molecule has 1 saturated heterocycles. The zero-order valence-electron chi connectivity index (χ0n) is 21.1. The molecule has 1 atom stereocenters. The van der Waals surface area contributed by atoms with Gasteiger partial charge in [0.15, 0.2) is 0 Å². The number of hydrogen-bond acceptors (Lipinski definition) is 5. The predicted molar refractivity (Wildman–Crippen MR) is 136 cm³/mol. The molecule has 0 aromatic heterocycles. The van der Waals surface area contributed by atoms with Crippen LogP contribution in [0, 0.1) is 0 Å². The van der Waals surface area contributed by atoms with E-state index in [9.17, 15) is 9.59 Å². The second-order valence-electron chi connectivity index (χ2n) is 8.97. The molecule has 1 rings (SSSR count). The molecule has 0 aromatic rings. The van der Waals surface area contributed by atoms with Crippen LogP contribution in [-0.4, -0.2) is 59.4 Å². The van der Waals surface area contributed by atoms with Gasteiger partial charge in [0.2, 0.25) is 0 Å². The van der Waals surface area contributed by atoms with E-state index in [1.807, 2.05) is 0 Å². The van der Waals surface area contributed by atoms with Crippen molar-refractivity contribution in [2.75, 3.05) is 26.2 Å². The minimum atomic E-state index is -1.08. The van der Waals surface area contributed by atoms with Gasteiger partial charge in [0.25, 0.3) is 0 Å². The van der Waals surface area contributed by atoms with Gasteiger partial charge in [-0.1, -0.05) is 89.7 Å². The third-order valence-corrected chi connectivity index (χ3v) is 5.94. The molecule has 1 aliphatic heterocycles. The van der Waals surface area contributed by atoms with E-state index in [4.69, 9.17) is 15.9 Å². The van der Waals surface area contributed by atoms with Crippen LogP contribution in [0.25, 0.3) is 0 Å². The fourth-order valence-corrected chi connectivity index (χ4v) is 3.99. The van der Waals surface area contributed by atoms with Crippen LogP contribution in [0.1, 0.15) is 110 Å². The van der Waals surface area contributed by atoms with Crippen molar-refractivity contribution in [2.45, 2.75) is 116 Å². The lowest BCUT2D eigenvalue weighted by molar-refractivity contribution is -0.143. The van der Waals surface area contributed by atoms with E-state index >= 15 is 0 Å². The first-order valence-electron chi connectivity index (χ1n) is 13.3. The van der Waals surface area contributed by atoms with Crippen LogP contribution < -0.4 is 11.1 Å². The summed E-state index contributed by atoms with van der Waals surface area (Å²) in [5.41, 5.74) is 5.67. The van der Waals surface area contributed by atoms with Gasteiger partial charge in [-0.05, 0) is 19.3 Å². The van der Waals surface area contributed by atoms with Crippen LogP contribution in [0.5, 0.6) is 0 Å². The first-order chi connectivity index (χ1) is 16.0. The zero-order chi connectivity index (χ0) is 24.6. The molecular weight excluding hydrogens is 418 g/mol. The number of carboxylic acid groups (broad SMARTS) is 2. The topological polar surface area (TPSA) is 116 Å². The van der Waals surface area contributed by atoms with Crippen molar-refractivity contribution in [3.8, 4) is 0 Å². The Bertz CT molecular complexity index is 486. The molecule has 1 fully saturated rings. The Morgan fingerprint density at radius 1 is 0.879 bits per heavy atom. The molecule has 33 heavy (non-hydrogen) atoms. The maximum absolute atomic E-state index is 9.64. The number of carboxylic acids is 2. The van der Waals surface area contributed by atoms with Gasteiger partial charge in [0.05, 0.1) is 19.0 Å². The number of rotatable bonds is 20. The van der Waals surface area contributed by atoms with E-state index in [0.29, 0.717) is 6.17 Å². The second-order valence-corrected chi connectivity index (χ2v) is 8.97. The molecule has 7 nitrogen and oxygen atoms in total. The van der Waals surface area contributed by atoms with Crippen LogP contribution in [0.4, 0.5) is 0 Å². The highest BCUT2D eigenvalue weighted by molar-refractivity contribution is 5.75. The van der Waals surface area contributed by atoms with Crippen molar-refractivity contribution in [3.63, 3.8) is 0 Å². The molecule has 1 unspecified atom stereocenters. The Balaban J connectivity index is 0.00000109. The lowest BCUT2D eigenvalue weighted by atomic mass is 10.0. The lowest BCUT2D eigenvalue weighted by Crippen LogP contribution is -2.38. The molecule has 0 amide bonds. The fraction of sp³-hybridized carbons (Fsp3) is 0.846. The first-order valence-corrected chi connectivity index (χ1v) is 13.3. The largest absolute Gasteiger partial charge is 0.481 e. The molecule has 1 aliphatic rings. The van der Waals surface area contributed by atoms with E-state index < -0.39 is 11.9 Å². The summed E-state index contributed by atoms with van der Waals surface area (Å²) in [7, 11) is 0. The summed E-state index contributed by atoms with van der Waals surface area (Å²) in [6, 6.07) is 0. The molecule has 7 heteroatoms. The Labute approximate surface area is 202 Å². The number of nitrogens with zero attached hydrogens (tertiary/aromatic N) is 1. The van der Waals surface area contributed by atoms with Crippen molar-refractivity contribution in [1.82, 2.24) is 10.2 Å². The van der Waals surface area contributed by atoms with Gasteiger partial charge in [0.1, 0.15) is 0 Å². The lowest BCUT2D eigenvalue weighted by Gasteiger charge is -2.21. The smallest absolute Gasteiger partial charge is 0.303 e. The van der Waals surface area contributed by atoms with Crippen LogP contribution in [-0.2, 0) is 9.59 Å². The highest BCUT2D eigenvalue weighted by Crippen LogP contribution is 2.13. The third kappa shape index (κ3) is 22.1. The standard InChI is InChI=1S/C22H45N3.C4H6O4/c1-2-3-4-5-6-7-8-9-10-11-12-13-14-15-16-17-22-24-19-21-25(22)20-18-23;5-3(6)1-2-4(7)8/h15-16,22,24H,2-14,17-21,23H2,1H3;1-2H2,(H,5,6)(H,7,8). The first kappa shape index (κ1) is 31.6. The van der Waals surface area contributed by atoms with Crippen LogP contribution in [0.15, 0.2) is 12.2 Å². The van der Waals surface area contributed by atoms with E-state index in [-0.39, 0.29) is 12.8 Å². The van der Waals surface area contributed by atoms with Crippen molar-refractivity contribution < 1.29 is 19.8 Å². The van der Waals surface area contributed by atoms with Crippen LogP contribution in [0.3, 0.4) is 0 Å². The average molecular weight is 470 g/mol. The SMILES string of the molecule is CCCCCCCCCCCCCCC=CCC1NCCN1CCN.O=C(O)CCC(=O)O. The number of hydrogen-bond donors (Lipinski definition) is 4. The Kier molecular flexibility index (Phi) is 22.7. The monoisotopic (exact) mass is 469 g/mol. The van der Waals surface area contributed by atoms with Crippen molar-refractivity contribution in [1.29, 1.82) is 0 Å². The second kappa shape index (κ2) is 23.7. The molecule has 5 N–H and O–H groups in total. The minimum Gasteiger partial charge on any atom is -0.481 e. The summed E-state index contributed by atoms with van der Waals surface area (Å²) in [6.45, 7) is 6.33. The molecule has 1 heterocycles. The Morgan fingerprint density at radius 3 is 1.88 bits per heavy atom. The number of unbranched alkanes of at least 4 members (excludes halogenated alkanes) is 12.